The van der Waals surface area contributed by atoms with Crippen LogP contribution in [0.1, 0.15) is 67.6 Å². The number of hydrogen-bond donors (Lipinski definition) is 2. The summed E-state index contributed by atoms with van der Waals surface area (Å²) in [5, 5.41) is 5.93. The van der Waals surface area contributed by atoms with E-state index in [-0.39, 0.29) is 55.3 Å². The average Bonchev–Trinajstić information content (AvgIpc) is 4.22. The highest BCUT2D eigenvalue weighted by molar-refractivity contribution is 7.90. The van der Waals surface area contributed by atoms with Crippen molar-refractivity contribution in [1.29, 1.82) is 0 Å². The lowest BCUT2D eigenvalue weighted by Crippen LogP contribution is -2.32. The summed E-state index contributed by atoms with van der Waals surface area (Å²) >= 11 is 0. The number of nitrogens with zero attached hydrogens (tertiary/aromatic N) is 9. The van der Waals surface area contributed by atoms with Gasteiger partial charge in [0.25, 0.3) is 33.0 Å². The predicted octanol–water partition coefficient (Wildman–Crippen LogP) is 8.06. The molecule has 80 heavy (non-hydrogen) atoms. The Morgan fingerprint density at radius 3 is 1.70 bits per heavy atom. The minimum Gasteiger partial charge on any atom is -0.346 e. The number of benzene rings is 3. The van der Waals surface area contributed by atoms with Gasteiger partial charge < -0.3 is 19.8 Å². The molecular weight excluding hydrogens is 1050 g/mol. The Morgan fingerprint density at radius 2 is 1.11 bits per heavy atom. The number of fused-ring (bicyclic) bond motifs is 2. The Hall–Kier alpha value is -10.1. The molecule has 0 bridgehead atoms. The van der Waals surface area contributed by atoms with Crippen LogP contribution in [0, 0.1) is 23.3 Å². The van der Waals surface area contributed by atoms with Crippen LogP contribution >= 0.6 is 0 Å². The first-order valence-electron chi connectivity index (χ1n) is 24.1. The van der Waals surface area contributed by atoms with E-state index in [2.05, 4.69) is 46.6 Å². The topological polar surface area (TPSA) is 219 Å². The Morgan fingerprint density at radius 1 is 0.562 bits per heavy atom. The highest BCUT2D eigenvalue weighted by Gasteiger charge is 2.24. The van der Waals surface area contributed by atoms with Crippen LogP contribution in [0.3, 0.4) is 0 Å². The molecule has 0 atom stereocenters. The number of pyridine rings is 4. The number of amides is 2. The highest BCUT2D eigenvalue weighted by Crippen LogP contribution is 2.32. The molecule has 7 aromatic heterocycles. The SMILES string of the molecule is C.O=C(NCc1cc(-c2cn(S(=O)(=O)c3ccccc3)c3ncccc23)ncn1)c1cccn(Cc2ccc(F)c(F)c2)c1=O.O=C(NCc1cc(C2=CCc3ncccc32)ncn1)c1cccn(Cc2ccc(F)c(F)c2)c1=O. The number of carbonyl (C=O) groups is 2. The number of carbonyl (C=O) groups excluding carboxylic acids is 2. The van der Waals surface area contributed by atoms with E-state index in [1.807, 2.05) is 12.1 Å². The lowest BCUT2D eigenvalue weighted by molar-refractivity contribution is 0.0940. The van der Waals surface area contributed by atoms with Crippen LogP contribution in [0.4, 0.5) is 17.6 Å². The van der Waals surface area contributed by atoms with Gasteiger partial charge in [-0.25, -0.2) is 54.9 Å². The zero-order valence-electron chi connectivity index (χ0n) is 41.2. The molecule has 0 unspecified atom stereocenters. The largest absolute Gasteiger partial charge is 0.346 e. The first-order chi connectivity index (χ1) is 38.2. The molecule has 17 nitrogen and oxygen atoms in total. The molecule has 3 aromatic carbocycles. The second-order valence-electron chi connectivity index (χ2n) is 17.7. The summed E-state index contributed by atoms with van der Waals surface area (Å²) in [6, 6.07) is 31.2. The maximum Gasteiger partial charge on any atom is 0.269 e. The van der Waals surface area contributed by atoms with Gasteiger partial charge in [0.2, 0.25) is 0 Å². The molecule has 0 saturated carbocycles. The van der Waals surface area contributed by atoms with Gasteiger partial charge in [0.05, 0.1) is 59.5 Å². The van der Waals surface area contributed by atoms with Crippen LogP contribution in [-0.2, 0) is 42.6 Å². The third kappa shape index (κ3) is 11.7. The smallest absolute Gasteiger partial charge is 0.269 e. The number of halogens is 4. The maximum atomic E-state index is 13.6. The monoisotopic (exact) mass is 1100 g/mol. The van der Waals surface area contributed by atoms with Crippen molar-refractivity contribution >= 4 is 38.4 Å². The van der Waals surface area contributed by atoms with Crippen LogP contribution in [0.15, 0.2) is 192 Å². The Kier molecular flexibility index (Phi) is 16.2. The quantitative estimate of drug-likeness (QED) is 0.0989. The number of allylic oxidation sites excluding steroid dienone is 1. The first-order valence-corrected chi connectivity index (χ1v) is 25.5. The molecule has 0 spiro atoms. The van der Waals surface area contributed by atoms with E-state index >= 15 is 0 Å². The van der Waals surface area contributed by atoms with Crippen molar-refractivity contribution in [1.82, 2.24) is 53.6 Å². The zero-order chi connectivity index (χ0) is 55.2. The molecule has 402 valence electrons. The van der Waals surface area contributed by atoms with Gasteiger partial charge >= 0.3 is 0 Å². The van der Waals surface area contributed by atoms with Crippen molar-refractivity contribution < 1.29 is 35.6 Å². The van der Waals surface area contributed by atoms with E-state index < -0.39 is 56.2 Å². The first kappa shape index (κ1) is 54.7. The number of aromatic nitrogens is 9. The standard InChI is InChI=1S/C31H22F2N6O4S.C26H19F2N5O2.CH4/c32-26-11-10-20(14-27(26)33)17-38-13-5-9-24(31(38)41)30(40)35-16-21-15-28(37-19-36-21)25-18-39(29-23(25)8-4-12-34-29)44(42,43)22-6-2-1-3-7-22;27-21-7-5-16(11-22(21)28)14-33-10-2-4-20(26(33)35)25(34)30-13-17-12-24(32-15-31-17)19-6-8-23-18(19)3-1-9-29-23;/h1-15,18-19H,16-17H2,(H,35,40);1-7,9-12,15H,8,13-14H2,(H,30,34);1H4. The van der Waals surface area contributed by atoms with Crippen LogP contribution in [-0.4, -0.2) is 63.2 Å². The summed E-state index contributed by atoms with van der Waals surface area (Å²) in [5.74, 6) is -5.22. The van der Waals surface area contributed by atoms with Crippen molar-refractivity contribution in [3.8, 4) is 11.3 Å². The van der Waals surface area contributed by atoms with E-state index in [0.29, 0.717) is 39.2 Å². The van der Waals surface area contributed by atoms with E-state index in [4.69, 9.17) is 0 Å². The van der Waals surface area contributed by atoms with Gasteiger partial charge in [-0.1, -0.05) is 49.9 Å². The minimum absolute atomic E-state index is 0. The third-order valence-electron chi connectivity index (χ3n) is 12.6. The second kappa shape index (κ2) is 23.7. The summed E-state index contributed by atoms with van der Waals surface area (Å²) in [5.41, 5.74) is 5.18. The zero-order valence-corrected chi connectivity index (χ0v) is 42.0. The molecule has 2 N–H and O–H groups in total. The fourth-order valence-electron chi connectivity index (χ4n) is 8.67. The molecule has 1 aliphatic rings. The summed E-state index contributed by atoms with van der Waals surface area (Å²) in [6.45, 7) is -0.0309. The fourth-order valence-corrected chi connectivity index (χ4v) is 10.0. The van der Waals surface area contributed by atoms with Gasteiger partial charge in [0, 0.05) is 59.5 Å². The number of rotatable bonds is 14. The lowest BCUT2D eigenvalue weighted by Gasteiger charge is -2.10. The molecule has 0 radical (unpaired) electrons. The highest BCUT2D eigenvalue weighted by atomic mass is 32.2. The van der Waals surface area contributed by atoms with Gasteiger partial charge in [-0.2, -0.15) is 0 Å². The average molecular weight is 1100 g/mol. The molecule has 0 saturated heterocycles. The van der Waals surface area contributed by atoms with E-state index in [1.54, 1.807) is 54.7 Å². The molecule has 22 heteroatoms. The number of hydrogen-bond acceptors (Lipinski definition) is 12. The Bertz CT molecular complexity index is 4270. The third-order valence-corrected chi connectivity index (χ3v) is 14.2. The fraction of sp³-hybridized carbons (Fsp3) is 0.103. The van der Waals surface area contributed by atoms with E-state index in [1.165, 1.54) is 89.0 Å². The molecular formula is C58H45F4N11O6S. The summed E-state index contributed by atoms with van der Waals surface area (Å²) in [6.07, 6.45) is 13.1. The molecule has 10 aromatic rings. The molecule has 11 rings (SSSR count). The van der Waals surface area contributed by atoms with E-state index in [0.717, 1.165) is 57.2 Å². The van der Waals surface area contributed by atoms with Gasteiger partial charge in [-0.3, -0.25) is 24.2 Å². The predicted molar refractivity (Wildman–Crippen MR) is 288 cm³/mol. The molecule has 1 aliphatic carbocycles. The Balaban J connectivity index is 0.000000196. The van der Waals surface area contributed by atoms with Gasteiger partial charge in [-0.15, -0.1) is 0 Å². The van der Waals surface area contributed by atoms with Crippen molar-refractivity contribution in [3.05, 3.63) is 272 Å². The molecule has 0 aliphatic heterocycles. The van der Waals surface area contributed by atoms with Gasteiger partial charge in [0.15, 0.2) is 28.9 Å². The minimum atomic E-state index is -3.96. The van der Waals surface area contributed by atoms with Crippen molar-refractivity contribution in [2.75, 3.05) is 0 Å². The summed E-state index contributed by atoms with van der Waals surface area (Å²) < 4.78 is 84.1. The molecule has 7 heterocycles. The van der Waals surface area contributed by atoms with Crippen molar-refractivity contribution in [3.63, 3.8) is 0 Å². The van der Waals surface area contributed by atoms with Crippen molar-refractivity contribution in [2.45, 2.75) is 44.9 Å². The lowest BCUT2D eigenvalue weighted by atomic mass is 10.1. The van der Waals surface area contributed by atoms with Crippen molar-refractivity contribution in [2.24, 2.45) is 0 Å². The normalized spacial score (nSPS) is 11.7. The summed E-state index contributed by atoms with van der Waals surface area (Å²) in [7, 11) is -3.96. The van der Waals surface area contributed by atoms with Gasteiger partial charge in [0.1, 0.15) is 23.8 Å². The molecule has 2 amide bonds. The Labute approximate surface area is 453 Å². The second-order valence-corrected chi connectivity index (χ2v) is 19.5. The number of nitrogens with one attached hydrogen (secondary N) is 2. The van der Waals surface area contributed by atoms with Crippen LogP contribution in [0.2, 0.25) is 0 Å². The van der Waals surface area contributed by atoms with Gasteiger partial charge in [-0.05, 0) is 102 Å². The maximum absolute atomic E-state index is 13.6. The van der Waals surface area contributed by atoms with Crippen LogP contribution < -0.4 is 21.8 Å². The summed E-state index contributed by atoms with van der Waals surface area (Å²) in [4.78, 5) is 77.4. The molecule has 0 fully saturated rings. The van der Waals surface area contributed by atoms with Crippen LogP contribution in [0.5, 0.6) is 0 Å². The van der Waals surface area contributed by atoms with E-state index in [9.17, 15) is 45.2 Å². The van der Waals surface area contributed by atoms with Crippen LogP contribution in [0.25, 0.3) is 27.9 Å².